The summed E-state index contributed by atoms with van der Waals surface area (Å²) in [5, 5.41) is 7.65. The molecule has 0 bridgehead atoms. The summed E-state index contributed by atoms with van der Waals surface area (Å²) in [6.07, 6.45) is 0. The van der Waals surface area contributed by atoms with Crippen LogP contribution in [0.3, 0.4) is 0 Å². The van der Waals surface area contributed by atoms with Crippen LogP contribution < -0.4 is 0 Å². The highest BCUT2D eigenvalue weighted by Gasteiger charge is 2.16. The molecule has 1 heteroatoms. The predicted molar refractivity (Wildman–Crippen MR) is 167 cm³/mol. The fraction of sp³-hybridized carbons (Fsp3) is 0. The maximum Gasteiger partial charge on any atom is 0.0547 e. The van der Waals surface area contributed by atoms with Crippen LogP contribution in [0.25, 0.3) is 71.3 Å². The summed E-state index contributed by atoms with van der Waals surface area (Å²) in [4.78, 5) is 0. The molecule has 8 rings (SSSR count). The largest absolute Gasteiger partial charge is 0.309 e. The van der Waals surface area contributed by atoms with Gasteiger partial charge in [0.25, 0.3) is 0 Å². The van der Waals surface area contributed by atoms with Crippen LogP contribution in [-0.2, 0) is 0 Å². The summed E-state index contributed by atoms with van der Waals surface area (Å²) in [6, 6.07) is 55.0. The van der Waals surface area contributed by atoms with Crippen molar-refractivity contribution in [3.63, 3.8) is 0 Å². The molecule has 7 aromatic carbocycles. The topological polar surface area (TPSA) is 4.93 Å². The Morgan fingerprint density at radius 1 is 0.333 bits per heavy atom. The minimum atomic E-state index is 1.22. The number of hydrogen-bond acceptors (Lipinski definition) is 0. The van der Waals surface area contributed by atoms with E-state index >= 15 is 0 Å². The van der Waals surface area contributed by atoms with Crippen molar-refractivity contribution in [1.82, 2.24) is 4.57 Å². The van der Waals surface area contributed by atoms with Crippen molar-refractivity contribution in [2.45, 2.75) is 0 Å². The average molecular weight is 496 g/mol. The average Bonchev–Trinajstić information content (AvgIpc) is 3.35. The van der Waals surface area contributed by atoms with E-state index in [9.17, 15) is 0 Å². The molecule has 0 aliphatic carbocycles. The van der Waals surface area contributed by atoms with E-state index in [0.29, 0.717) is 0 Å². The van der Waals surface area contributed by atoms with Gasteiger partial charge >= 0.3 is 0 Å². The first-order chi connectivity index (χ1) is 19.3. The fourth-order valence-electron chi connectivity index (χ4n) is 6.13. The molecule has 0 atom stereocenters. The van der Waals surface area contributed by atoms with Gasteiger partial charge in [0.2, 0.25) is 0 Å². The molecule has 0 N–H and O–H groups in total. The smallest absolute Gasteiger partial charge is 0.0547 e. The zero-order valence-electron chi connectivity index (χ0n) is 21.4. The van der Waals surface area contributed by atoms with Crippen molar-refractivity contribution in [2.24, 2.45) is 0 Å². The van der Waals surface area contributed by atoms with Gasteiger partial charge in [-0.3, -0.25) is 0 Å². The van der Waals surface area contributed by atoms with Crippen LogP contribution in [0.4, 0.5) is 0 Å². The minimum absolute atomic E-state index is 1.22. The normalized spacial score (nSPS) is 11.6. The summed E-state index contributed by atoms with van der Waals surface area (Å²) in [6.45, 7) is 0. The summed E-state index contributed by atoms with van der Waals surface area (Å²) in [5.74, 6) is 0. The van der Waals surface area contributed by atoms with Crippen LogP contribution in [0.1, 0.15) is 0 Å². The van der Waals surface area contributed by atoms with Crippen molar-refractivity contribution in [1.29, 1.82) is 0 Å². The number of para-hydroxylation sites is 1. The highest BCUT2D eigenvalue weighted by molar-refractivity contribution is 6.22. The molecule has 1 nitrogen and oxygen atoms in total. The highest BCUT2D eigenvalue weighted by atomic mass is 15.0. The molecule has 0 unspecified atom stereocenters. The molecule has 0 saturated carbocycles. The second kappa shape index (κ2) is 8.72. The van der Waals surface area contributed by atoms with Gasteiger partial charge < -0.3 is 4.57 Å². The van der Waals surface area contributed by atoms with Crippen LogP contribution in [0.5, 0.6) is 0 Å². The number of hydrogen-bond donors (Lipinski definition) is 0. The summed E-state index contributed by atoms with van der Waals surface area (Å²) >= 11 is 0. The monoisotopic (exact) mass is 495 g/mol. The zero-order valence-corrected chi connectivity index (χ0v) is 21.4. The Hall–Kier alpha value is -5.14. The van der Waals surface area contributed by atoms with Gasteiger partial charge in [0.15, 0.2) is 0 Å². The lowest BCUT2D eigenvalue weighted by molar-refractivity contribution is 1.20. The maximum absolute atomic E-state index is 2.43. The first-order valence-corrected chi connectivity index (χ1v) is 13.5. The third kappa shape index (κ3) is 3.48. The molecule has 0 spiro atoms. The van der Waals surface area contributed by atoms with Crippen molar-refractivity contribution in [3.8, 4) is 27.9 Å². The SMILES string of the molecule is c1ccc(-c2ccc(-c3ccc4c(ccc5c4c4ccccc4n5-c4cccc5ccccc45)c3)cc2)cc1. The molecule has 8 aromatic rings. The standard InChI is InChI=1S/C38H25N/c1-2-9-26(10-3-1)27-17-19-28(20-18-27)30-21-23-33-31(25-30)22-24-37-38(33)34-14-6-7-15-36(34)39(37)35-16-8-12-29-11-4-5-13-32(29)35/h1-25H. The van der Waals surface area contributed by atoms with E-state index in [4.69, 9.17) is 0 Å². The Bertz CT molecular complexity index is 2140. The molecule has 1 aromatic heterocycles. The van der Waals surface area contributed by atoms with Crippen LogP contribution in [0, 0.1) is 0 Å². The van der Waals surface area contributed by atoms with Gasteiger partial charge in [-0.25, -0.2) is 0 Å². The second-order valence-corrected chi connectivity index (χ2v) is 10.2. The van der Waals surface area contributed by atoms with E-state index in [2.05, 4.69) is 156 Å². The van der Waals surface area contributed by atoms with Gasteiger partial charge in [-0.05, 0) is 62.7 Å². The lowest BCUT2D eigenvalue weighted by Crippen LogP contribution is -1.95. The van der Waals surface area contributed by atoms with Crippen molar-refractivity contribution < 1.29 is 0 Å². The lowest BCUT2D eigenvalue weighted by Gasteiger charge is -2.12. The number of aromatic nitrogens is 1. The molecular weight excluding hydrogens is 470 g/mol. The lowest BCUT2D eigenvalue weighted by atomic mass is 9.97. The molecule has 1 heterocycles. The van der Waals surface area contributed by atoms with E-state index in [0.717, 1.165) is 0 Å². The van der Waals surface area contributed by atoms with Gasteiger partial charge in [-0.15, -0.1) is 0 Å². The Kier molecular flexibility index (Phi) is 4.89. The summed E-state index contributed by atoms with van der Waals surface area (Å²) in [7, 11) is 0. The van der Waals surface area contributed by atoms with E-state index in [1.54, 1.807) is 0 Å². The number of nitrogens with zero attached hydrogens (tertiary/aromatic N) is 1. The summed E-state index contributed by atoms with van der Waals surface area (Å²) < 4.78 is 2.43. The third-order valence-electron chi connectivity index (χ3n) is 7.99. The highest BCUT2D eigenvalue weighted by Crippen LogP contribution is 2.39. The van der Waals surface area contributed by atoms with Crippen molar-refractivity contribution in [3.05, 3.63) is 152 Å². The first-order valence-electron chi connectivity index (χ1n) is 13.5. The quantitative estimate of drug-likeness (QED) is 0.230. The van der Waals surface area contributed by atoms with E-state index in [-0.39, 0.29) is 0 Å². The van der Waals surface area contributed by atoms with E-state index < -0.39 is 0 Å². The molecule has 0 aliphatic heterocycles. The zero-order chi connectivity index (χ0) is 25.8. The molecule has 0 saturated heterocycles. The van der Waals surface area contributed by atoms with Crippen molar-refractivity contribution in [2.75, 3.05) is 0 Å². The maximum atomic E-state index is 2.43. The molecule has 0 aliphatic rings. The number of fused-ring (bicyclic) bond motifs is 6. The Labute approximate surface area is 227 Å². The molecule has 0 radical (unpaired) electrons. The Morgan fingerprint density at radius 3 is 1.82 bits per heavy atom. The minimum Gasteiger partial charge on any atom is -0.309 e. The fourth-order valence-corrected chi connectivity index (χ4v) is 6.13. The van der Waals surface area contributed by atoms with Gasteiger partial charge in [0, 0.05) is 16.2 Å². The molecule has 0 fully saturated rings. The third-order valence-corrected chi connectivity index (χ3v) is 7.99. The van der Waals surface area contributed by atoms with Crippen LogP contribution in [-0.4, -0.2) is 4.57 Å². The van der Waals surface area contributed by atoms with E-state index in [1.165, 1.54) is 71.3 Å². The summed E-state index contributed by atoms with van der Waals surface area (Å²) in [5.41, 5.74) is 8.63. The Morgan fingerprint density at radius 2 is 0.974 bits per heavy atom. The molecule has 39 heavy (non-hydrogen) atoms. The Balaban J connectivity index is 1.32. The molecule has 0 amide bonds. The van der Waals surface area contributed by atoms with Gasteiger partial charge in [0.05, 0.1) is 16.7 Å². The second-order valence-electron chi connectivity index (χ2n) is 10.2. The van der Waals surface area contributed by atoms with Crippen LogP contribution in [0.2, 0.25) is 0 Å². The first kappa shape index (κ1) is 21.9. The number of rotatable bonds is 3. The van der Waals surface area contributed by atoms with Crippen LogP contribution >= 0.6 is 0 Å². The van der Waals surface area contributed by atoms with E-state index in [1.807, 2.05) is 0 Å². The molecule has 182 valence electrons. The predicted octanol–water partition coefficient (Wildman–Crippen LogP) is 10.4. The van der Waals surface area contributed by atoms with Gasteiger partial charge in [-0.2, -0.15) is 0 Å². The molecular formula is C38H25N. The van der Waals surface area contributed by atoms with Crippen molar-refractivity contribution >= 4 is 43.4 Å². The van der Waals surface area contributed by atoms with Gasteiger partial charge in [-0.1, -0.05) is 127 Å². The van der Waals surface area contributed by atoms with Crippen LogP contribution in [0.15, 0.2) is 152 Å². The number of benzene rings is 7. The van der Waals surface area contributed by atoms with Gasteiger partial charge in [0.1, 0.15) is 0 Å².